The molecule has 1 aromatic carbocycles. The molecule has 0 saturated heterocycles. The fraction of sp³-hybridized carbons (Fsp3) is 0.188. The van der Waals surface area contributed by atoms with Crippen LogP contribution in [0, 0.1) is 0 Å². The largest absolute Gasteiger partial charge is 0.309 e. The Morgan fingerprint density at radius 1 is 1.05 bits per heavy atom. The van der Waals surface area contributed by atoms with Crippen LogP contribution in [0.4, 0.5) is 0 Å². The lowest BCUT2D eigenvalue weighted by molar-refractivity contribution is 0.577. The molecule has 0 radical (unpaired) electrons. The van der Waals surface area contributed by atoms with Crippen molar-refractivity contribution in [2.24, 2.45) is 0 Å². The van der Waals surface area contributed by atoms with E-state index < -0.39 is 0 Å². The van der Waals surface area contributed by atoms with E-state index in [1.165, 1.54) is 0 Å². The second kappa shape index (κ2) is 6.28. The molecule has 0 aliphatic carbocycles. The lowest BCUT2D eigenvalue weighted by Crippen LogP contribution is -2.27. The van der Waals surface area contributed by atoms with Gasteiger partial charge in [0.1, 0.15) is 0 Å². The van der Waals surface area contributed by atoms with E-state index in [0.717, 1.165) is 11.2 Å². The molecule has 0 spiro atoms. The van der Waals surface area contributed by atoms with Crippen LogP contribution in [-0.2, 0) is 13.1 Å². The number of hydrogen-bond acceptors (Lipinski definition) is 4. The summed E-state index contributed by atoms with van der Waals surface area (Å²) in [6.07, 6.45) is 3.38. The average Bonchev–Trinajstić information content (AvgIpc) is 2.55. The van der Waals surface area contributed by atoms with E-state index in [1.54, 1.807) is 17.1 Å². The Bertz CT molecular complexity index is 783. The molecule has 0 saturated carbocycles. The van der Waals surface area contributed by atoms with Crippen molar-refractivity contribution >= 4 is 10.9 Å². The number of rotatable bonds is 5. The fourth-order valence-corrected chi connectivity index (χ4v) is 2.18. The molecule has 5 heteroatoms. The van der Waals surface area contributed by atoms with E-state index in [4.69, 9.17) is 0 Å². The number of aromatic nitrogens is 3. The van der Waals surface area contributed by atoms with Crippen LogP contribution in [0.25, 0.3) is 10.9 Å². The van der Waals surface area contributed by atoms with Gasteiger partial charge in [0.25, 0.3) is 5.56 Å². The molecular weight excluding hydrogens is 264 g/mol. The number of nitrogens with zero attached hydrogens (tertiary/aromatic N) is 3. The third-order valence-corrected chi connectivity index (χ3v) is 3.29. The van der Waals surface area contributed by atoms with Crippen molar-refractivity contribution in [1.82, 2.24) is 19.9 Å². The quantitative estimate of drug-likeness (QED) is 0.721. The molecule has 0 fully saturated rings. The van der Waals surface area contributed by atoms with Crippen LogP contribution < -0.4 is 10.9 Å². The van der Waals surface area contributed by atoms with Gasteiger partial charge >= 0.3 is 0 Å². The van der Waals surface area contributed by atoms with Crippen molar-refractivity contribution in [1.29, 1.82) is 0 Å². The van der Waals surface area contributed by atoms with Gasteiger partial charge in [-0.3, -0.25) is 14.3 Å². The molecule has 0 aliphatic heterocycles. The Balaban J connectivity index is 1.63. The van der Waals surface area contributed by atoms with Crippen molar-refractivity contribution in [3.8, 4) is 0 Å². The molecule has 3 rings (SSSR count). The van der Waals surface area contributed by atoms with Crippen molar-refractivity contribution in [2.75, 3.05) is 6.54 Å². The first-order chi connectivity index (χ1) is 10.3. The Labute approximate surface area is 122 Å². The zero-order valence-electron chi connectivity index (χ0n) is 11.6. The predicted octanol–water partition coefficient (Wildman–Crippen LogP) is 1.58. The number of nitrogens with one attached hydrogen (secondary N) is 1. The zero-order chi connectivity index (χ0) is 14.5. The average molecular weight is 280 g/mol. The van der Waals surface area contributed by atoms with E-state index in [1.807, 2.05) is 42.5 Å². The first-order valence-corrected chi connectivity index (χ1v) is 6.89. The van der Waals surface area contributed by atoms with Gasteiger partial charge in [-0.05, 0) is 24.3 Å². The Morgan fingerprint density at radius 3 is 2.76 bits per heavy atom. The summed E-state index contributed by atoms with van der Waals surface area (Å²) in [6.45, 7) is 1.97. The molecule has 0 amide bonds. The predicted molar refractivity (Wildman–Crippen MR) is 81.9 cm³/mol. The zero-order valence-corrected chi connectivity index (χ0v) is 11.6. The number of fused-ring (bicyclic) bond motifs is 1. The van der Waals surface area contributed by atoms with Crippen LogP contribution in [0.2, 0.25) is 0 Å². The molecule has 1 N–H and O–H groups in total. The first-order valence-electron chi connectivity index (χ1n) is 6.89. The lowest BCUT2D eigenvalue weighted by atomic mass is 10.2. The van der Waals surface area contributed by atoms with Gasteiger partial charge in [-0.2, -0.15) is 0 Å². The maximum Gasteiger partial charge on any atom is 0.261 e. The minimum absolute atomic E-state index is 0.000219. The molecular formula is C16H16N4O. The van der Waals surface area contributed by atoms with Gasteiger partial charge in [-0.1, -0.05) is 18.2 Å². The molecule has 0 bridgehead atoms. The normalized spacial score (nSPS) is 10.9. The van der Waals surface area contributed by atoms with Crippen LogP contribution in [0.5, 0.6) is 0 Å². The number of hydrogen-bond donors (Lipinski definition) is 1. The maximum atomic E-state index is 12.3. The third-order valence-electron chi connectivity index (χ3n) is 3.29. The van der Waals surface area contributed by atoms with E-state index in [9.17, 15) is 4.79 Å². The Hall–Kier alpha value is -2.53. The van der Waals surface area contributed by atoms with Gasteiger partial charge in [-0.25, -0.2) is 4.98 Å². The smallest absolute Gasteiger partial charge is 0.261 e. The molecule has 2 heterocycles. The molecule has 106 valence electrons. The highest BCUT2D eigenvalue weighted by Crippen LogP contribution is 2.04. The summed E-state index contributed by atoms with van der Waals surface area (Å²) in [5.74, 6) is 0. The fourth-order valence-electron chi connectivity index (χ4n) is 2.18. The number of benzene rings is 1. The first kappa shape index (κ1) is 13.5. The Kier molecular flexibility index (Phi) is 4.02. The third kappa shape index (κ3) is 3.14. The summed E-state index contributed by atoms with van der Waals surface area (Å²) in [4.78, 5) is 20.8. The van der Waals surface area contributed by atoms with E-state index >= 15 is 0 Å². The summed E-state index contributed by atoms with van der Waals surface area (Å²) in [6, 6.07) is 13.2. The Morgan fingerprint density at radius 2 is 1.90 bits per heavy atom. The topological polar surface area (TPSA) is 59.8 Å². The van der Waals surface area contributed by atoms with Crippen LogP contribution in [0.3, 0.4) is 0 Å². The number of pyridine rings is 1. The highest BCUT2D eigenvalue weighted by molar-refractivity contribution is 5.76. The summed E-state index contributed by atoms with van der Waals surface area (Å²) in [7, 11) is 0. The standard InChI is InChI=1S/C16H16N4O/c21-16-14-6-1-2-7-15(14)19-12-20(16)10-9-17-11-13-5-3-4-8-18-13/h1-8,12,17H,9-11H2. The van der Waals surface area contributed by atoms with Crippen molar-refractivity contribution in [3.05, 3.63) is 71.0 Å². The molecule has 0 atom stereocenters. The second-order valence-corrected chi connectivity index (χ2v) is 4.76. The van der Waals surface area contributed by atoms with Crippen molar-refractivity contribution in [3.63, 3.8) is 0 Å². The van der Waals surface area contributed by atoms with Crippen molar-refractivity contribution < 1.29 is 0 Å². The van der Waals surface area contributed by atoms with E-state index in [-0.39, 0.29) is 5.56 Å². The molecule has 3 aromatic rings. The van der Waals surface area contributed by atoms with Crippen LogP contribution >= 0.6 is 0 Å². The monoisotopic (exact) mass is 280 g/mol. The van der Waals surface area contributed by atoms with Crippen LogP contribution in [0.1, 0.15) is 5.69 Å². The van der Waals surface area contributed by atoms with Gasteiger partial charge in [0.15, 0.2) is 0 Å². The highest BCUT2D eigenvalue weighted by Gasteiger charge is 2.02. The summed E-state index contributed by atoms with van der Waals surface area (Å²) in [5.41, 5.74) is 1.72. The second-order valence-electron chi connectivity index (χ2n) is 4.76. The summed E-state index contributed by atoms with van der Waals surface area (Å²) in [5, 5.41) is 3.93. The highest BCUT2D eigenvalue weighted by atomic mass is 16.1. The SMILES string of the molecule is O=c1c2ccccc2ncn1CCNCc1ccccn1. The maximum absolute atomic E-state index is 12.3. The lowest BCUT2D eigenvalue weighted by Gasteiger charge is -2.07. The van der Waals surface area contributed by atoms with Gasteiger partial charge in [0, 0.05) is 25.8 Å². The van der Waals surface area contributed by atoms with Crippen LogP contribution in [-0.4, -0.2) is 21.1 Å². The van der Waals surface area contributed by atoms with Gasteiger partial charge < -0.3 is 5.32 Å². The van der Waals surface area contributed by atoms with E-state index in [0.29, 0.717) is 25.0 Å². The van der Waals surface area contributed by atoms with E-state index in [2.05, 4.69) is 15.3 Å². The van der Waals surface area contributed by atoms with Crippen LogP contribution in [0.15, 0.2) is 59.8 Å². The summed E-state index contributed by atoms with van der Waals surface area (Å²) < 4.78 is 1.63. The summed E-state index contributed by atoms with van der Waals surface area (Å²) >= 11 is 0. The minimum Gasteiger partial charge on any atom is -0.309 e. The van der Waals surface area contributed by atoms with Gasteiger partial charge in [0.05, 0.1) is 22.9 Å². The molecule has 0 unspecified atom stereocenters. The molecule has 2 aromatic heterocycles. The molecule has 5 nitrogen and oxygen atoms in total. The van der Waals surface area contributed by atoms with Crippen molar-refractivity contribution in [2.45, 2.75) is 13.1 Å². The minimum atomic E-state index is 0.000219. The van der Waals surface area contributed by atoms with Gasteiger partial charge in [0.2, 0.25) is 0 Å². The van der Waals surface area contributed by atoms with Gasteiger partial charge in [-0.15, -0.1) is 0 Å². The number of para-hydroxylation sites is 1. The molecule has 21 heavy (non-hydrogen) atoms. The molecule has 0 aliphatic rings.